The van der Waals surface area contributed by atoms with E-state index in [-0.39, 0.29) is 0 Å². The van der Waals surface area contributed by atoms with Crippen molar-refractivity contribution >= 4 is 11.3 Å². The summed E-state index contributed by atoms with van der Waals surface area (Å²) in [7, 11) is 2.03. The van der Waals surface area contributed by atoms with Crippen LogP contribution in [0.3, 0.4) is 0 Å². The van der Waals surface area contributed by atoms with Gasteiger partial charge in [0.2, 0.25) is 0 Å². The van der Waals surface area contributed by atoms with Gasteiger partial charge in [0.15, 0.2) is 0 Å². The van der Waals surface area contributed by atoms with E-state index in [0.29, 0.717) is 6.54 Å². The van der Waals surface area contributed by atoms with E-state index in [9.17, 15) is 0 Å². The highest BCUT2D eigenvalue weighted by Gasteiger charge is 1.92. The predicted octanol–water partition coefficient (Wildman–Crippen LogP) is 1.30. The van der Waals surface area contributed by atoms with Crippen LogP contribution in [-0.4, -0.2) is 31.6 Å². The van der Waals surface area contributed by atoms with Crippen molar-refractivity contribution in [2.75, 3.05) is 26.7 Å². The highest BCUT2D eigenvalue weighted by atomic mass is 32.1. The fraction of sp³-hybridized carbons (Fsp3) is 0.455. The van der Waals surface area contributed by atoms with E-state index < -0.39 is 0 Å². The molecule has 2 nitrogen and oxygen atoms in total. The molecule has 0 aliphatic heterocycles. The lowest BCUT2D eigenvalue weighted by Crippen LogP contribution is -2.25. The van der Waals surface area contributed by atoms with Gasteiger partial charge >= 0.3 is 0 Å². The Hall–Kier alpha value is -0.820. The normalized spacial score (nSPS) is 10.0. The largest absolute Gasteiger partial charge is 0.329 e. The Morgan fingerprint density at radius 3 is 2.93 bits per heavy atom. The van der Waals surface area contributed by atoms with E-state index in [1.165, 1.54) is 4.88 Å². The number of rotatable bonds is 3. The minimum atomic E-state index is 0.690. The topological polar surface area (TPSA) is 29.3 Å². The van der Waals surface area contributed by atoms with Gasteiger partial charge in [-0.3, -0.25) is 4.90 Å². The Balaban J connectivity index is 2.40. The van der Waals surface area contributed by atoms with E-state index in [0.717, 1.165) is 18.7 Å². The molecule has 0 aromatic carbocycles. The first-order chi connectivity index (χ1) is 6.72. The molecular weight excluding hydrogens is 192 g/mol. The molecule has 14 heavy (non-hydrogen) atoms. The van der Waals surface area contributed by atoms with Crippen LogP contribution in [0.5, 0.6) is 0 Å². The van der Waals surface area contributed by atoms with Crippen LogP contribution in [0.4, 0.5) is 0 Å². The van der Waals surface area contributed by atoms with Crippen LogP contribution >= 0.6 is 11.3 Å². The third kappa shape index (κ3) is 3.93. The van der Waals surface area contributed by atoms with E-state index in [2.05, 4.69) is 35.1 Å². The zero-order chi connectivity index (χ0) is 10.4. The molecule has 1 aromatic rings. The fourth-order valence-electron chi connectivity index (χ4n) is 1.08. The van der Waals surface area contributed by atoms with Crippen LogP contribution in [0.15, 0.2) is 11.4 Å². The van der Waals surface area contributed by atoms with Crippen molar-refractivity contribution < 1.29 is 0 Å². The molecule has 0 fully saturated rings. The molecule has 0 atom stereocenters. The van der Waals surface area contributed by atoms with Gasteiger partial charge in [0.1, 0.15) is 0 Å². The molecule has 0 saturated heterocycles. The smallest absolute Gasteiger partial charge is 0.0603 e. The molecule has 0 bridgehead atoms. The van der Waals surface area contributed by atoms with Gasteiger partial charge in [-0.05, 0) is 20.0 Å². The minimum absolute atomic E-state index is 0.690. The summed E-state index contributed by atoms with van der Waals surface area (Å²) in [6.45, 7) is 4.47. The number of likely N-dealkylation sites (N-methyl/N-ethyl adjacent to an activating group) is 1. The van der Waals surface area contributed by atoms with Gasteiger partial charge in [0.25, 0.3) is 0 Å². The van der Waals surface area contributed by atoms with Crippen molar-refractivity contribution in [2.45, 2.75) is 6.92 Å². The van der Waals surface area contributed by atoms with Crippen LogP contribution in [0.25, 0.3) is 0 Å². The molecule has 0 unspecified atom stereocenters. The van der Waals surface area contributed by atoms with Crippen molar-refractivity contribution in [1.29, 1.82) is 0 Å². The monoisotopic (exact) mass is 208 g/mol. The molecule has 0 spiro atoms. The first-order valence-electron chi connectivity index (χ1n) is 4.65. The molecule has 1 aromatic heterocycles. The molecule has 0 aliphatic rings. The van der Waals surface area contributed by atoms with Gasteiger partial charge in [0.05, 0.1) is 6.54 Å². The highest BCUT2D eigenvalue weighted by Crippen LogP contribution is 2.11. The van der Waals surface area contributed by atoms with E-state index in [1.807, 2.05) is 7.05 Å². The zero-order valence-corrected chi connectivity index (χ0v) is 9.53. The molecule has 0 aliphatic carbocycles. The predicted molar refractivity (Wildman–Crippen MR) is 62.5 cm³/mol. The third-order valence-corrected chi connectivity index (χ3v) is 2.68. The number of hydrogen-bond acceptors (Lipinski definition) is 3. The molecule has 3 heteroatoms. The van der Waals surface area contributed by atoms with Crippen LogP contribution in [0.2, 0.25) is 0 Å². The SMILES string of the molecule is Cc1cc(C#CCN(C)CCN)cs1. The summed E-state index contributed by atoms with van der Waals surface area (Å²) in [6, 6.07) is 2.11. The Kier molecular flexibility index (Phi) is 4.68. The Morgan fingerprint density at radius 2 is 2.36 bits per heavy atom. The molecule has 0 amide bonds. The second-order valence-electron chi connectivity index (χ2n) is 3.27. The molecular formula is C11H16N2S. The quantitative estimate of drug-likeness (QED) is 0.759. The van der Waals surface area contributed by atoms with Crippen LogP contribution in [0.1, 0.15) is 10.4 Å². The second kappa shape index (κ2) is 5.82. The van der Waals surface area contributed by atoms with E-state index in [1.54, 1.807) is 11.3 Å². The molecule has 76 valence electrons. The number of thiophene rings is 1. The summed E-state index contributed by atoms with van der Waals surface area (Å²) in [5, 5.41) is 2.09. The van der Waals surface area contributed by atoms with Gasteiger partial charge in [-0.1, -0.05) is 11.8 Å². The summed E-state index contributed by atoms with van der Waals surface area (Å²) in [5.41, 5.74) is 6.55. The second-order valence-corrected chi connectivity index (χ2v) is 4.39. The molecule has 1 heterocycles. The summed E-state index contributed by atoms with van der Waals surface area (Å²) >= 11 is 1.74. The van der Waals surface area contributed by atoms with Gasteiger partial charge in [-0.2, -0.15) is 0 Å². The summed E-state index contributed by atoms with van der Waals surface area (Å²) < 4.78 is 0. The number of nitrogens with two attached hydrogens (primary N) is 1. The first kappa shape index (κ1) is 11.3. The lowest BCUT2D eigenvalue weighted by molar-refractivity contribution is 0.386. The van der Waals surface area contributed by atoms with Crippen LogP contribution in [0, 0.1) is 18.8 Å². The third-order valence-electron chi connectivity index (χ3n) is 1.82. The highest BCUT2D eigenvalue weighted by molar-refractivity contribution is 7.10. The van der Waals surface area contributed by atoms with Crippen molar-refractivity contribution in [3.05, 3.63) is 21.9 Å². The van der Waals surface area contributed by atoms with Gasteiger partial charge < -0.3 is 5.73 Å². The molecule has 0 saturated carbocycles. The number of hydrogen-bond donors (Lipinski definition) is 1. The Labute approximate surface area is 89.7 Å². The molecule has 2 N–H and O–H groups in total. The summed E-state index contributed by atoms with van der Waals surface area (Å²) in [5.74, 6) is 6.26. The van der Waals surface area contributed by atoms with Crippen LogP contribution < -0.4 is 5.73 Å². The van der Waals surface area contributed by atoms with Crippen molar-refractivity contribution in [1.82, 2.24) is 4.90 Å². The van der Waals surface area contributed by atoms with Gasteiger partial charge in [0, 0.05) is 28.9 Å². The van der Waals surface area contributed by atoms with Crippen molar-refractivity contribution in [2.24, 2.45) is 5.73 Å². The lowest BCUT2D eigenvalue weighted by atomic mass is 10.3. The zero-order valence-electron chi connectivity index (χ0n) is 8.71. The van der Waals surface area contributed by atoms with Gasteiger partial charge in [-0.25, -0.2) is 0 Å². The first-order valence-corrected chi connectivity index (χ1v) is 5.53. The average molecular weight is 208 g/mol. The Bertz CT molecular complexity index is 333. The van der Waals surface area contributed by atoms with Crippen molar-refractivity contribution in [3.63, 3.8) is 0 Å². The minimum Gasteiger partial charge on any atom is -0.329 e. The molecule has 1 rings (SSSR count). The van der Waals surface area contributed by atoms with Crippen molar-refractivity contribution in [3.8, 4) is 11.8 Å². The summed E-state index contributed by atoms with van der Waals surface area (Å²) in [6.07, 6.45) is 0. The van der Waals surface area contributed by atoms with Crippen LogP contribution in [-0.2, 0) is 0 Å². The van der Waals surface area contributed by atoms with E-state index >= 15 is 0 Å². The maximum Gasteiger partial charge on any atom is 0.0603 e. The number of aryl methyl sites for hydroxylation is 1. The standard InChI is InChI=1S/C11H16N2S/c1-10-8-11(9-14-10)4-3-6-13(2)7-5-12/h8-9H,5-7,12H2,1-2H3. The maximum atomic E-state index is 5.43. The van der Waals surface area contributed by atoms with Gasteiger partial charge in [-0.15, -0.1) is 11.3 Å². The Morgan fingerprint density at radius 1 is 1.57 bits per heavy atom. The van der Waals surface area contributed by atoms with E-state index in [4.69, 9.17) is 5.73 Å². The number of nitrogens with zero attached hydrogens (tertiary/aromatic N) is 1. The summed E-state index contributed by atoms with van der Waals surface area (Å²) in [4.78, 5) is 3.43. The lowest BCUT2D eigenvalue weighted by Gasteiger charge is -2.09. The molecule has 0 radical (unpaired) electrons. The average Bonchev–Trinajstić information content (AvgIpc) is 2.52. The fourth-order valence-corrected chi connectivity index (χ4v) is 1.72. The maximum absolute atomic E-state index is 5.43.